The molecule has 9 aromatic carbocycles. The normalized spacial score (nSPS) is 11.2. The third-order valence-corrected chi connectivity index (χ3v) is 12.1. The van der Waals surface area contributed by atoms with Crippen LogP contribution in [0.15, 0.2) is 252 Å². The fourth-order valence-corrected chi connectivity index (χ4v) is 9.45. The van der Waals surface area contributed by atoms with Gasteiger partial charge in [-0.1, -0.05) is 218 Å². The van der Waals surface area contributed by atoms with Crippen LogP contribution in [-0.2, 0) is 0 Å². The van der Waals surface area contributed by atoms with E-state index in [4.69, 9.17) is 0 Å². The van der Waals surface area contributed by atoms with Crippen LogP contribution in [0.4, 0.5) is 0 Å². The first-order valence-electron chi connectivity index (χ1n) is 21.5. The highest BCUT2D eigenvalue weighted by Gasteiger charge is 2.32. The summed E-state index contributed by atoms with van der Waals surface area (Å²) in [6.07, 6.45) is 0. The molecule has 4 heteroatoms. The van der Waals surface area contributed by atoms with Crippen LogP contribution in [0.1, 0.15) is 0 Å². The molecule has 0 N–H and O–H groups in total. The van der Waals surface area contributed by atoms with Crippen molar-refractivity contribution in [3.63, 3.8) is 0 Å². The fourth-order valence-electron chi connectivity index (χ4n) is 9.45. The van der Waals surface area contributed by atoms with Gasteiger partial charge in [0.05, 0.1) is 44.3 Å². The van der Waals surface area contributed by atoms with Gasteiger partial charge in [0.1, 0.15) is 0 Å². The number of hydrogen-bond acceptors (Lipinski definition) is 2. The van der Waals surface area contributed by atoms with Crippen LogP contribution in [0.3, 0.4) is 0 Å². The molecule has 11 aromatic rings. The molecule has 64 heavy (non-hydrogen) atoms. The number of aromatic nitrogens is 2. The predicted octanol–water partition coefficient (Wildman–Crippen LogP) is 14.3. The maximum atomic E-state index is 16.7. The van der Waals surface area contributed by atoms with Crippen molar-refractivity contribution in [2.24, 2.45) is 0 Å². The van der Waals surface area contributed by atoms with Crippen molar-refractivity contribution in [1.29, 1.82) is 0 Å². The molecule has 302 valence electrons. The minimum atomic E-state index is -0.176. The van der Waals surface area contributed by atoms with Crippen LogP contribution >= 0.6 is 0 Å². The molecular formula is C60H40N2O2. The van der Waals surface area contributed by atoms with E-state index in [1.54, 1.807) is 0 Å². The van der Waals surface area contributed by atoms with Gasteiger partial charge >= 0.3 is 0 Å². The van der Waals surface area contributed by atoms with E-state index in [2.05, 4.69) is 81.9 Å². The van der Waals surface area contributed by atoms with Crippen LogP contribution in [0.2, 0.25) is 0 Å². The van der Waals surface area contributed by atoms with E-state index in [9.17, 15) is 0 Å². The summed E-state index contributed by atoms with van der Waals surface area (Å²) in [5.41, 5.74) is 11.7. The van der Waals surface area contributed by atoms with E-state index >= 15 is 9.59 Å². The third kappa shape index (κ3) is 6.40. The molecule has 0 saturated carbocycles. The molecule has 0 amide bonds. The number of pyridine rings is 2. The Bertz CT molecular complexity index is 3540. The standard InChI is InChI=1S/C60H40N2O2/c63-59-51(43-29-13-3-14-30-43)55(45-33-17-5-18-34-45)62(48-39-23-8-24-40-48)58-53(59)49(41-25-9-1-10-26-41)50(42-27-11-2-12-28-42)57-54(58)60(64)52(44-31-15-4-16-32-44)56(46-35-19-6-20-36-46)61(57)47-37-21-7-22-38-47/h1-40H. The largest absolute Gasteiger partial charge is 0.308 e. The number of para-hydroxylation sites is 2. The first-order chi connectivity index (χ1) is 31.7. The molecule has 0 unspecified atom stereocenters. The zero-order valence-corrected chi connectivity index (χ0v) is 34.8. The number of rotatable bonds is 8. The van der Waals surface area contributed by atoms with Gasteiger partial charge in [0.25, 0.3) is 0 Å². The molecule has 0 aliphatic rings. The summed E-state index contributed by atoms with van der Waals surface area (Å²) < 4.78 is 4.46. The lowest BCUT2D eigenvalue weighted by atomic mass is 9.84. The van der Waals surface area contributed by atoms with E-state index in [-0.39, 0.29) is 10.9 Å². The number of hydrogen-bond donors (Lipinski definition) is 0. The molecule has 0 spiro atoms. The highest BCUT2D eigenvalue weighted by atomic mass is 16.1. The molecule has 0 fully saturated rings. The average molecular weight is 821 g/mol. The lowest BCUT2D eigenvalue weighted by molar-refractivity contribution is 1.09. The summed E-state index contributed by atoms with van der Waals surface area (Å²) in [7, 11) is 0. The predicted molar refractivity (Wildman–Crippen MR) is 265 cm³/mol. The molecule has 2 heterocycles. The summed E-state index contributed by atoms with van der Waals surface area (Å²) >= 11 is 0. The summed E-state index contributed by atoms with van der Waals surface area (Å²) in [5.74, 6) is 0. The Morgan fingerprint density at radius 2 is 0.500 bits per heavy atom. The van der Waals surface area contributed by atoms with Crippen molar-refractivity contribution >= 4 is 21.8 Å². The average Bonchev–Trinajstić information content (AvgIpc) is 3.37. The Labute approximate surface area is 370 Å². The summed E-state index contributed by atoms with van der Waals surface area (Å²) in [6.45, 7) is 0. The molecule has 2 aromatic heterocycles. The molecule has 4 nitrogen and oxygen atoms in total. The molecule has 0 atom stereocenters. The molecule has 0 radical (unpaired) electrons. The quantitative estimate of drug-likeness (QED) is 0.143. The van der Waals surface area contributed by atoms with Crippen molar-refractivity contribution in [3.8, 4) is 78.4 Å². The number of nitrogens with zero attached hydrogens (tertiary/aromatic N) is 2. The van der Waals surface area contributed by atoms with Crippen molar-refractivity contribution in [3.05, 3.63) is 263 Å². The molecule has 11 rings (SSSR count). The second kappa shape index (κ2) is 16.4. The van der Waals surface area contributed by atoms with E-state index < -0.39 is 0 Å². The van der Waals surface area contributed by atoms with E-state index in [1.165, 1.54) is 0 Å². The SMILES string of the molecule is O=c1c(-c2ccccc2)c(-c2ccccc2)n(-c2ccccc2)c2c1c(-c1ccccc1)c(-c1ccccc1)c1c2c(=O)c(-c2ccccc2)c(-c2ccccc2)n1-c1ccccc1. The van der Waals surface area contributed by atoms with E-state index in [1.807, 2.05) is 170 Å². The molecular weight excluding hydrogens is 781 g/mol. The third-order valence-electron chi connectivity index (χ3n) is 12.1. The maximum absolute atomic E-state index is 16.7. The van der Waals surface area contributed by atoms with Crippen LogP contribution in [0.25, 0.3) is 100 Å². The molecule has 0 saturated heterocycles. The number of fused-ring (bicyclic) bond motifs is 3. The monoisotopic (exact) mass is 820 g/mol. The zero-order chi connectivity index (χ0) is 43.0. The van der Waals surface area contributed by atoms with Gasteiger partial charge in [-0.2, -0.15) is 0 Å². The Morgan fingerprint density at radius 3 is 0.859 bits per heavy atom. The minimum Gasteiger partial charge on any atom is -0.308 e. The maximum Gasteiger partial charge on any atom is 0.200 e. The Hall–Kier alpha value is -8.60. The highest BCUT2D eigenvalue weighted by molar-refractivity contribution is 6.22. The molecule has 0 bridgehead atoms. The van der Waals surface area contributed by atoms with E-state index in [0.29, 0.717) is 38.6 Å². The zero-order valence-electron chi connectivity index (χ0n) is 34.8. The second-order valence-corrected chi connectivity index (χ2v) is 15.8. The van der Waals surface area contributed by atoms with Gasteiger partial charge in [0.15, 0.2) is 10.9 Å². The highest BCUT2D eigenvalue weighted by Crippen LogP contribution is 2.48. The van der Waals surface area contributed by atoms with Gasteiger partial charge in [0, 0.05) is 22.5 Å². The van der Waals surface area contributed by atoms with Crippen LogP contribution in [0.5, 0.6) is 0 Å². The van der Waals surface area contributed by atoms with Crippen molar-refractivity contribution in [2.75, 3.05) is 0 Å². The first-order valence-corrected chi connectivity index (χ1v) is 21.5. The van der Waals surface area contributed by atoms with Crippen LogP contribution < -0.4 is 10.9 Å². The lowest BCUT2D eigenvalue weighted by Gasteiger charge is -2.29. The topological polar surface area (TPSA) is 44.0 Å². The van der Waals surface area contributed by atoms with Crippen LogP contribution in [0, 0.1) is 0 Å². The number of benzene rings is 9. The van der Waals surface area contributed by atoms with Crippen LogP contribution in [-0.4, -0.2) is 9.13 Å². The van der Waals surface area contributed by atoms with Gasteiger partial charge in [0.2, 0.25) is 0 Å². The van der Waals surface area contributed by atoms with Gasteiger partial charge < -0.3 is 9.13 Å². The minimum absolute atomic E-state index is 0.163. The Morgan fingerprint density at radius 1 is 0.234 bits per heavy atom. The summed E-state index contributed by atoms with van der Waals surface area (Å²) in [6, 6.07) is 81.1. The molecule has 0 aliphatic heterocycles. The summed E-state index contributed by atoms with van der Waals surface area (Å²) in [5, 5.41) is 0.900. The van der Waals surface area contributed by atoms with Gasteiger partial charge in [-0.15, -0.1) is 0 Å². The molecule has 0 aliphatic carbocycles. The van der Waals surface area contributed by atoms with Crippen molar-refractivity contribution in [1.82, 2.24) is 9.13 Å². The van der Waals surface area contributed by atoms with Gasteiger partial charge in [-0.3, -0.25) is 9.59 Å². The van der Waals surface area contributed by atoms with Crippen molar-refractivity contribution < 1.29 is 0 Å². The smallest absolute Gasteiger partial charge is 0.200 e. The first kappa shape index (κ1) is 38.3. The summed E-state index contributed by atoms with van der Waals surface area (Å²) in [4.78, 5) is 33.2. The Kier molecular flexibility index (Phi) is 9.79. The van der Waals surface area contributed by atoms with Crippen molar-refractivity contribution in [2.45, 2.75) is 0 Å². The second-order valence-electron chi connectivity index (χ2n) is 15.8. The Balaban J connectivity index is 1.57. The van der Waals surface area contributed by atoms with Gasteiger partial charge in [-0.25, -0.2) is 0 Å². The van der Waals surface area contributed by atoms with E-state index in [0.717, 1.165) is 61.6 Å². The fraction of sp³-hybridized carbons (Fsp3) is 0. The lowest BCUT2D eigenvalue weighted by Crippen LogP contribution is -2.22. The van der Waals surface area contributed by atoms with Gasteiger partial charge in [-0.05, 0) is 57.6 Å².